The number of aromatic amines is 2. The summed E-state index contributed by atoms with van der Waals surface area (Å²) in [7, 11) is 0. The number of H-pyrrole nitrogens is 2. The van der Waals surface area contributed by atoms with E-state index in [9.17, 15) is 0 Å². The summed E-state index contributed by atoms with van der Waals surface area (Å²) in [5.41, 5.74) is 7.86. The number of nitrogens with one attached hydrogen (secondary N) is 2. The van der Waals surface area contributed by atoms with Gasteiger partial charge in [0, 0.05) is 41.5 Å². The van der Waals surface area contributed by atoms with Gasteiger partial charge < -0.3 is 9.97 Å². The van der Waals surface area contributed by atoms with Gasteiger partial charge in [-0.15, -0.1) is 0 Å². The third-order valence-corrected chi connectivity index (χ3v) is 4.04. The number of aromatic nitrogens is 4. The third-order valence-electron chi connectivity index (χ3n) is 4.04. The van der Waals surface area contributed by atoms with E-state index in [1.165, 1.54) is 0 Å². The van der Waals surface area contributed by atoms with Gasteiger partial charge in [0.2, 0.25) is 0 Å². The average Bonchev–Trinajstić information content (AvgIpc) is 3.32. The summed E-state index contributed by atoms with van der Waals surface area (Å²) >= 11 is 0. The zero-order chi connectivity index (χ0) is 15.9. The van der Waals surface area contributed by atoms with Crippen LogP contribution in [0.1, 0.15) is 22.8 Å². The summed E-state index contributed by atoms with van der Waals surface area (Å²) in [6.45, 7) is 0. The van der Waals surface area contributed by atoms with Crippen LogP contribution in [0.25, 0.3) is 46.4 Å². The van der Waals surface area contributed by atoms with Crippen LogP contribution in [0.2, 0.25) is 0 Å². The monoisotopic (exact) mass is 412 g/mol. The van der Waals surface area contributed by atoms with Crippen LogP contribution >= 0.6 is 0 Å². The van der Waals surface area contributed by atoms with Crippen LogP contribution in [0, 0.1) is 0 Å². The standard InChI is InChI=1S/C20H14N4.Ru/c1-2-14-10-16-5-6-18(23-16)12-20-8-7-19(24-20)11-17-4-3-15(22-17)9-13(1)21-14;/h1-12,21,24H;. The molecule has 0 unspecified atom stereocenters. The molecule has 3 aromatic heterocycles. The van der Waals surface area contributed by atoms with Gasteiger partial charge in [0.05, 0.1) is 22.8 Å². The molecule has 0 amide bonds. The van der Waals surface area contributed by atoms with Crippen LogP contribution < -0.4 is 0 Å². The minimum absolute atomic E-state index is 0. The molecule has 2 N–H and O–H groups in total. The van der Waals surface area contributed by atoms with Gasteiger partial charge in [0.25, 0.3) is 0 Å². The average molecular weight is 411 g/mol. The van der Waals surface area contributed by atoms with Gasteiger partial charge in [0.15, 0.2) is 0 Å². The molecule has 0 atom stereocenters. The van der Waals surface area contributed by atoms with Crippen LogP contribution in [0.3, 0.4) is 0 Å². The van der Waals surface area contributed by atoms with Crippen molar-refractivity contribution in [2.45, 2.75) is 0 Å². The van der Waals surface area contributed by atoms with Crippen molar-refractivity contribution >= 4 is 46.4 Å². The molecular weight excluding hydrogens is 397 g/mol. The van der Waals surface area contributed by atoms with Crippen molar-refractivity contribution in [3.63, 3.8) is 0 Å². The first-order valence-corrected chi connectivity index (χ1v) is 7.85. The van der Waals surface area contributed by atoms with Crippen molar-refractivity contribution in [1.82, 2.24) is 19.9 Å². The number of rotatable bonds is 0. The molecule has 2 aliphatic heterocycles. The topological polar surface area (TPSA) is 57.4 Å². The first-order chi connectivity index (χ1) is 11.8. The minimum atomic E-state index is 0. The molecule has 8 bridgehead atoms. The summed E-state index contributed by atoms with van der Waals surface area (Å²) in [4.78, 5) is 16.0. The van der Waals surface area contributed by atoms with Crippen molar-refractivity contribution < 1.29 is 19.5 Å². The Morgan fingerprint density at radius 2 is 0.760 bits per heavy atom. The van der Waals surface area contributed by atoms with Crippen LogP contribution in [0.5, 0.6) is 0 Å². The fourth-order valence-corrected chi connectivity index (χ4v) is 2.94. The first kappa shape index (κ1) is 15.7. The molecule has 5 heteroatoms. The summed E-state index contributed by atoms with van der Waals surface area (Å²) in [6, 6.07) is 16.4. The van der Waals surface area contributed by atoms with E-state index in [4.69, 9.17) is 0 Å². The molecule has 4 nitrogen and oxygen atoms in total. The zero-order valence-electron chi connectivity index (χ0n) is 13.2. The largest absolute Gasteiger partial charge is 0.355 e. The molecule has 0 radical (unpaired) electrons. The SMILES string of the molecule is C1=Cc2cc3ccc(cc4nc(cc5ccc(cc1n2)[nH]5)C=C4)[nH]3.[Ru]. The maximum atomic E-state index is 4.63. The second kappa shape index (κ2) is 6.26. The Hall–Kier alpha value is -2.78. The quantitative estimate of drug-likeness (QED) is 0.365. The Kier molecular flexibility index (Phi) is 3.94. The maximum absolute atomic E-state index is 4.63. The molecule has 0 saturated heterocycles. The Morgan fingerprint density at radius 3 is 1.04 bits per heavy atom. The van der Waals surface area contributed by atoms with Crippen molar-refractivity contribution in [3.8, 4) is 0 Å². The van der Waals surface area contributed by atoms with Gasteiger partial charge in [-0.3, -0.25) is 0 Å². The third kappa shape index (κ3) is 3.24. The van der Waals surface area contributed by atoms with Crippen molar-refractivity contribution in [2.75, 3.05) is 0 Å². The van der Waals surface area contributed by atoms with E-state index in [2.05, 4.69) is 44.2 Å². The predicted molar refractivity (Wildman–Crippen MR) is 98.9 cm³/mol. The summed E-state index contributed by atoms with van der Waals surface area (Å²) in [6.07, 6.45) is 8.09. The van der Waals surface area contributed by atoms with E-state index in [1.54, 1.807) is 0 Å². The molecule has 0 spiro atoms. The Bertz CT molecular complexity index is 990. The van der Waals surface area contributed by atoms with Crippen LogP contribution in [-0.4, -0.2) is 19.9 Å². The Balaban J connectivity index is 0.00000157. The summed E-state index contributed by atoms with van der Waals surface area (Å²) < 4.78 is 0. The maximum Gasteiger partial charge on any atom is 0.0658 e. The van der Waals surface area contributed by atoms with Crippen molar-refractivity contribution in [3.05, 3.63) is 71.3 Å². The first-order valence-electron chi connectivity index (χ1n) is 7.85. The molecule has 5 heterocycles. The van der Waals surface area contributed by atoms with Gasteiger partial charge in [-0.25, -0.2) is 9.97 Å². The van der Waals surface area contributed by atoms with Gasteiger partial charge in [-0.05, 0) is 72.8 Å². The molecule has 3 aromatic rings. The van der Waals surface area contributed by atoms with E-state index in [1.807, 2.05) is 48.6 Å². The van der Waals surface area contributed by atoms with Gasteiger partial charge in [-0.2, -0.15) is 0 Å². The minimum Gasteiger partial charge on any atom is -0.355 e. The van der Waals surface area contributed by atoms with E-state index in [0.29, 0.717) is 0 Å². The van der Waals surface area contributed by atoms with E-state index in [-0.39, 0.29) is 19.5 Å². The van der Waals surface area contributed by atoms with Gasteiger partial charge in [0.1, 0.15) is 0 Å². The molecule has 0 saturated carbocycles. The van der Waals surface area contributed by atoms with Crippen LogP contribution in [0.4, 0.5) is 0 Å². The molecule has 5 rings (SSSR count). The Morgan fingerprint density at radius 1 is 0.480 bits per heavy atom. The second-order valence-corrected chi connectivity index (χ2v) is 5.91. The molecule has 0 aromatic carbocycles. The number of hydrogen-bond donors (Lipinski definition) is 2. The summed E-state index contributed by atoms with van der Waals surface area (Å²) in [5.74, 6) is 0. The predicted octanol–water partition coefficient (Wildman–Crippen LogP) is 4.65. The number of nitrogens with zero attached hydrogens (tertiary/aromatic N) is 2. The second-order valence-electron chi connectivity index (χ2n) is 5.91. The van der Waals surface area contributed by atoms with Crippen LogP contribution in [0.15, 0.2) is 48.5 Å². The molecule has 2 aliphatic rings. The van der Waals surface area contributed by atoms with E-state index >= 15 is 0 Å². The Labute approximate surface area is 157 Å². The van der Waals surface area contributed by atoms with Crippen molar-refractivity contribution in [1.29, 1.82) is 0 Å². The molecule has 0 fully saturated rings. The summed E-state index contributed by atoms with van der Waals surface area (Å²) in [5, 5.41) is 0. The fraction of sp³-hybridized carbons (Fsp3) is 0. The molecule has 0 aliphatic carbocycles. The molecule has 122 valence electrons. The van der Waals surface area contributed by atoms with Gasteiger partial charge >= 0.3 is 0 Å². The normalized spacial score (nSPS) is 12.2. The van der Waals surface area contributed by atoms with Crippen LogP contribution in [-0.2, 0) is 19.5 Å². The number of hydrogen-bond acceptors (Lipinski definition) is 2. The van der Waals surface area contributed by atoms with Crippen molar-refractivity contribution in [2.24, 2.45) is 0 Å². The fourth-order valence-electron chi connectivity index (χ4n) is 2.94. The van der Waals surface area contributed by atoms with E-state index in [0.717, 1.165) is 44.8 Å². The molecule has 25 heavy (non-hydrogen) atoms. The van der Waals surface area contributed by atoms with E-state index < -0.39 is 0 Å². The van der Waals surface area contributed by atoms with Gasteiger partial charge in [-0.1, -0.05) is 0 Å². The zero-order valence-corrected chi connectivity index (χ0v) is 14.9. The number of fused-ring (bicyclic) bond motifs is 8. The molecular formula is C20H14N4Ru. The smallest absolute Gasteiger partial charge is 0.0658 e.